The van der Waals surface area contributed by atoms with Gasteiger partial charge in [-0.15, -0.1) is 0 Å². The van der Waals surface area contributed by atoms with Crippen molar-refractivity contribution >= 4 is 11.8 Å². The summed E-state index contributed by atoms with van der Waals surface area (Å²) in [4.78, 5) is 40.7. The van der Waals surface area contributed by atoms with E-state index in [1.807, 2.05) is 24.0 Å². The Morgan fingerprint density at radius 2 is 1.93 bits per heavy atom. The topological polar surface area (TPSA) is 86.4 Å². The Kier molecular flexibility index (Phi) is 4.98. The molecule has 1 aromatic heterocycles. The summed E-state index contributed by atoms with van der Waals surface area (Å²) in [5.41, 5.74) is 3.16. The quantitative estimate of drug-likeness (QED) is 0.858. The minimum absolute atomic E-state index is 0.0473. The van der Waals surface area contributed by atoms with E-state index in [1.165, 1.54) is 23.3 Å². The number of hydrogen-bond acceptors (Lipinski definition) is 4. The van der Waals surface area contributed by atoms with Crippen LogP contribution in [0.2, 0.25) is 0 Å². The van der Waals surface area contributed by atoms with Crippen molar-refractivity contribution < 1.29 is 9.59 Å². The molecule has 1 saturated heterocycles. The number of amides is 2. The summed E-state index contributed by atoms with van der Waals surface area (Å²) in [6, 6.07) is 8.79. The van der Waals surface area contributed by atoms with E-state index >= 15 is 0 Å². The number of carbonyl (C=O) groups is 2. The molecular weight excluding hydrogens is 356 g/mol. The monoisotopic (exact) mass is 380 g/mol. The minimum Gasteiger partial charge on any atom is -0.335 e. The molecule has 2 aliphatic rings. The fourth-order valence-electron chi connectivity index (χ4n) is 4.16. The van der Waals surface area contributed by atoms with Gasteiger partial charge in [0, 0.05) is 37.3 Å². The first kappa shape index (κ1) is 18.4. The van der Waals surface area contributed by atoms with Crippen molar-refractivity contribution in [3.8, 4) is 0 Å². The van der Waals surface area contributed by atoms with E-state index in [0.717, 1.165) is 24.8 Å². The average Bonchev–Trinajstić information content (AvgIpc) is 3.10. The number of hydrogen-bond donors (Lipinski definition) is 1. The van der Waals surface area contributed by atoms with E-state index in [1.54, 1.807) is 4.90 Å². The van der Waals surface area contributed by atoms with Crippen LogP contribution in [0.1, 0.15) is 51.7 Å². The highest BCUT2D eigenvalue weighted by atomic mass is 16.2. The molecular formula is C21H24N4O3. The zero-order valence-corrected chi connectivity index (χ0v) is 16.0. The highest BCUT2D eigenvalue weighted by molar-refractivity contribution is 5.96. The number of nitrogens with one attached hydrogen (secondary N) is 1. The van der Waals surface area contributed by atoms with Crippen LogP contribution in [-0.4, -0.2) is 57.5 Å². The highest BCUT2D eigenvalue weighted by Crippen LogP contribution is 2.27. The molecule has 0 bridgehead atoms. The van der Waals surface area contributed by atoms with E-state index in [9.17, 15) is 14.4 Å². The number of rotatable bonds is 2. The second-order valence-corrected chi connectivity index (χ2v) is 7.53. The summed E-state index contributed by atoms with van der Waals surface area (Å²) >= 11 is 0. The normalized spacial score (nSPS) is 19.2. The van der Waals surface area contributed by atoms with Crippen LogP contribution in [0, 0.1) is 0 Å². The van der Waals surface area contributed by atoms with Crippen LogP contribution >= 0.6 is 0 Å². The summed E-state index contributed by atoms with van der Waals surface area (Å²) in [5.74, 6) is -0.166. The highest BCUT2D eigenvalue weighted by Gasteiger charge is 2.30. The molecule has 1 aromatic carbocycles. The summed E-state index contributed by atoms with van der Waals surface area (Å²) in [6.07, 6.45) is 3.81. The molecule has 2 heterocycles. The minimum atomic E-state index is -0.340. The predicted molar refractivity (Wildman–Crippen MR) is 104 cm³/mol. The Morgan fingerprint density at radius 1 is 1.07 bits per heavy atom. The Morgan fingerprint density at radius 3 is 2.71 bits per heavy atom. The molecule has 1 fully saturated rings. The lowest BCUT2D eigenvalue weighted by atomic mass is 10.0. The number of aromatic nitrogens is 2. The van der Waals surface area contributed by atoms with Crippen molar-refractivity contribution in [1.29, 1.82) is 0 Å². The van der Waals surface area contributed by atoms with Crippen molar-refractivity contribution in [3.05, 3.63) is 63.1 Å². The summed E-state index contributed by atoms with van der Waals surface area (Å²) < 4.78 is 0. The largest absolute Gasteiger partial charge is 0.335 e. The van der Waals surface area contributed by atoms with Crippen LogP contribution in [0.25, 0.3) is 0 Å². The first-order valence-electron chi connectivity index (χ1n) is 9.81. The smallest absolute Gasteiger partial charge is 0.274 e. The van der Waals surface area contributed by atoms with Gasteiger partial charge in [0.25, 0.3) is 17.4 Å². The van der Waals surface area contributed by atoms with Gasteiger partial charge in [-0.2, -0.15) is 5.10 Å². The predicted octanol–water partition coefficient (Wildman–Crippen LogP) is 1.64. The van der Waals surface area contributed by atoms with Gasteiger partial charge >= 0.3 is 0 Å². The molecule has 2 amide bonds. The standard InChI is InChI=1S/C21H24N4O3/c1-14-10-11-24(21(28)18-8-9-19(26)23-22-18)12-13-25(14)20(27)17-7-3-5-15-4-2-6-16(15)17/h3,5,7-9,14H,2,4,6,10-13H2,1H3,(H,23,26). The third-order valence-electron chi connectivity index (χ3n) is 5.78. The van der Waals surface area contributed by atoms with Crippen molar-refractivity contribution in [3.63, 3.8) is 0 Å². The van der Waals surface area contributed by atoms with Gasteiger partial charge in [-0.25, -0.2) is 5.10 Å². The Hall–Kier alpha value is -2.96. The first-order chi connectivity index (χ1) is 13.5. The number of nitrogens with zero attached hydrogens (tertiary/aromatic N) is 3. The maximum atomic E-state index is 13.3. The fraction of sp³-hybridized carbons (Fsp3) is 0.429. The molecule has 7 nitrogen and oxygen atoms in total. The van der Waals surface area contributed by atoms with Crippen LogP contribution in [0.3, 0.4) is 0 Å². The van der Waals surface area contributed by atoms with Crippen molar-refractivity contribution in [2.45, 2.75) is 38.6 Å². The van der Waals surface area contributed by atoms with Crippen LogP contribution in [0.4, 0.5) is 0 Å². The van der Waals surface area contributed by atoms with Gasteiger partial charge in [0.05, 0.1) is 0 Å². The van der Waals surface area contributed by atoms with E-state index in [4.69, 9.17) is 0 Å². The van der Waals surface area contributed by atoms with Crippen LogP contribution in [-0.2, 0) is 12.8 Å². The maximum Gasteiger partial charge on any atom is 0.274 e. The lowest BCUT2D eigenvalue weighted by Gasteiger charge is -2.27. The molecule has 1 aliphatic heterocycles. The lowest BCUT2D eigenvalue weighted by Crippen LogP contribution is -2.41. The number of carbonyl (C=O) groups excluding carboxylic acids is 2. The van der Waals surface area contributed by atoms with Gasteiger partial charge in [0.15, 0.2) is 0 Å². The first-order valence-corrected chi connectivity index (χ1v) is 9.81. The Bertz CT molecular complexity index is 948. The van der Waals surface area contributed by atoms with Gasteiger partial charge in [0.2, 0.25) is 0 Å². The molecule has 2 aromatic rings. The molecule has 28 heavy (non-hydrogen) atoms. The van der Waals surface area contributed by atoms with Gasteiger partial charge in [0.1, 0.15) is 5.69 Å². The average molecular weight is 380 g/mol. The SMILES string of the molecule is CC1CCN(C(=O)c2ccc(=O)[nH]n2)CCN1C(=O)c1cccc2c1CCC2. The third kappa shape index (κ3) is 3.44. The Labute approximate surface area is 163 Å². The molecule has 1 unspecified atom stereocenters. The maximum absolute atomic E-state index is 13.3. The molecule has 146 valence electrons. The summed E-state index contributed by atoms with van der Waals surface area (Å²) in [6.45, 7) is 3.52. The van der Waals surface area contributed by atoms with E-state index < -0.39 is 0 Å². The van der Waals surface area contributed by atoms with Gasteiger partial charge < -0.3 is 9.80 Å². The van der Waals surface area contributed by atoms with Gasteiger partial charge in [-0.3, -0.25) is 14.4 Å². The summed E-state index contributed by atoms with van der Waals surface area (Å²) in [5, 5.41) is 6.13. The number of aryl methyl sites for hydroxylation is 1. The number of fused-ring (bicyclic) bond motifs is 1. The van der Waals surface area contributed by atoms with E-state index in [0.29, 0.717) is 26.1 Å². The lowest BCUT2D eigenvalue weighted by molar-refractivity contribution is 0.0680. The second-order valence-electron chi connectivity index (χ2n) is 7.53. The second kappa shape index (κ2) is 7.58. The van der Waals surface area contributed by atoms with Crippen molar-refractivity contribution in [1.82, 2.24) is 20.0 Å². The third-order valence-corrected chi connectivity index (χ3v) is 5.78. The molecule has 0 radical (unpaired) electrons. The van der Waals surface area contributed by atoms with Gasteiger partial charge in [-0.1, -0.05) is 12.1 Å². The molecule has 7 heteroatoms. The zero-order valence-electron chi connectivity index (χ0n) is 16.0. The molecule has 1 atom stereocenters. The van der Waals surface area contributed by atoms with Crippen molar-refractivity contribution in [2.24, 2.45) is 0 Å². The molecule has 1 aliphatic carbocycles. The molecule has 1 N–H and O–H groups in total. The van der Waals surface area contributed by atoms with Gasteiger partial charge in [-0.05, 0) is 55.9 Å². The van der Waals surface area contributed by atoms with Crippen molar-refractivity contribution in [2.75, 3.05) is 19.6 Å². The number of aromatic amines is 1. The fourth-order valence-corrected chi connectivity index (χ4v) is 4.16. The van der Waals surface area contributed by atoms with Crippen LogP contribution in [0.15, 0.2) is 35.1 Å². The van der Waals surface area contributed by atoms with Crippen LogP contribution < -0.4 is 5.56 Å². The van der Waals surface area contributed by atoms with Crippen LogP contribution in [0.5, 0.6) is 0 Å². The van der Waals surface area contributed by atoms with E-state index in [2.05, 4.69) is 16.3 Å². The Balaban J connectivity index is 1.51. The molecule has 4 rings (SSSR count). The molecule has 0 saturated carbocycles. The van der Waals surface area contributed by atoms with E-state index in [-0.39, 0.29) is 29.1 Å². The molecule has 0 spiro atoms. The summed E-state index contributed by atoms with van der Waals surface area (Å²) in [7, 11) is 0. The number of H-pyrrole nitrogens is 1. The number of benzene rings is 1. The zero-order chi connectivity index (χ0) is 19.7.